The molecule has 0 aliphatic heterocycles. The molecule has 0 aromatic heterocycles. The van der Waals surface area contributed by atoms with Crippen molar-refractivity contribution in [2.75, 3.05) is 21.5 Å². The van der Waals surface area contributed by atoms with E-state index < -0.39 is 31.8 Å². The van der Waals surface area contributed by atoms with Crippen LogP contribution in [0.1, 0.15) is 0 Å². The zero-order valence-electron chi connectivity index (χ0n) is 10.1. The van der Waals surface area contributed by atoms with Gasteiger partial charge in [0.1, 0.15) is 0 Å². The Bertz CT molecular complexity index is 729. The van der Waals surface area contributed by atoms with Gasteiger partial charge in [0.25, 0.3) is 0 Å². The summed E-state index contributed by atoms with van der Waals surface area (Å²) in [5.41, 5.74) is -0.0357. The van der Waals surface area contributed by atoms with E-state index in [1.54, 1.807) is 0 Å². The first-order valence-corrected chi connectivity index (χ1v) is 8.90. The molecule has 8 nitrogen and oxygen atoms in total. The molecule has 11 heteroatoms. The highest BCUT2D eigenvalue weighted by molar-refractivity contribution is 7.93. The standard InChI is InChI=1S/C9H11ClN2O6S2/c1-19(15,16)11-6-2-3-7(10)8(4-6)12-20(17,18)5-9(13)14/h2-4,11-12H,5H2,1H3,(H,13,14). The number of halogens is 1. The molecular weight excluding hydrogens is 332 g/mol. The average molecular weight is 343 g/mol. The van der Waals surface area contributed by atoms with Crippen LogP contribution < -0.4 is 9.44 Å². The number of rotatable bonds is 6. The number of hydrogen-bond donors (Lipinski definition) is 3. The summed E-state index contributed by atoms with van der Waals surface area (Å²) in [5, 5.41) is 8.46. The van der Waals surface area contributed by atoms with Gasteiger partial charge in [0.2, 0.25) is 20.0 Å². The number of nitrogens with one attached hydrogen (secondary N) is 2. The highest BCUT2D eigenvalue weighted by Crippen LogP contribution is 2.26. The quantitative estimate of drug-likeness (QED) is 0.691. The van der Waals surface area contributed by atoms with Crippen molar-refractivity contribution >= 4 is 49.0 Å². The Morgan fingerprint density at radius 1 is 1.25 bits per heavy atom. The number of aliphatic carboxylic acids is 1. The molecule has 0 spiro atoms. The highest BCUT2D eigenvalue weighted by atomic mass is 35.5. The second-order valence-electron chi connectivity index (χ2n) is 3.82. The normalized spacial score (nSPS) is 11.9. The third kappa shape index (κ3) is 5.63. The molecule has 0 radical (unpaired) electrons. The molecule has 1 aromatic carbocycles. The predicted molar refractivity (Wildman–Crippen MR) is 75.0 cm³/mol. The summed E-state index contributed by atoms with van der Waals surface area (Å²) in [6.45, 7) is 0. The molecule has 0 bridgehead atoms. The third-order valence-electron chi connectivity index (χ3n) is 1.85. The van der Waals surface area contributed by atoms with Gasteiger partial charge in [0, 0.05) is 0 Å². The van der Waals surface area contributed by atoms with Crippen molar-refractivity contribution in [3.63, 3.8) is 0 Å². The van der Waals surface area contributed by atoms with Gasteiger partial charge in [0.05, 0.1) is 22.7 Å². The van der Waals surface area contributed by atoms with E-state index in [9.17, 15) is 21.6 Å². The van der Waals surface area contributed by atoms with Crippen LogP contribution in [0.5, 0.6) is 0 Å². The van der Waals surface area contributed by atoms with Crippen molar-refractivity contribution in [3.8, 4) is 0 Å². The monoisotopic (exact) mass is 342 g/mol. The van der Waals surface area contributed by atoms with Crippen molar-refractivity contribution in [1.82, 2.24) is 0 Å². The molecule has 0 saturated heterocycles. The van der Waals surface area contributed by atoms with Crippen molar-refractivity contribution in [1.29, 1.82) is 0 Å². The fraction of sp³-hybridized carbons (Fsp3) is 0.222. The molecule has 0 amide bonds. The third-order valence-corrected chi connectivity index (χ3v) is 3.94. The van der Waals surface area contributed by atoms with Crippen LogP contribution in [0, 0.1) is 0 Å². The van der Waals surface area contributed by atoms with Crippen LogP contribution in [-0.4, -0.2) is 39.9 Å². The summed E-state index contributed by atoms with van der Waals surface area (Å²) in [7, 11) is -7.66. The maximum absolute atomic E-state index is 11.5. The maximum Gasteiger partial charge on any atom is 0.320 e. The first kappa shape index (κ1) is 16.5. The summed E-state index contributed by atoms with van der Waals surface area (Å²) < 4.78 is 49.2. The van der Waals surface area contributed by atoms with Gasteiger partial charge in [-0.3, -0.25) is 14.2 Å². The van der Waals surface area contributed by atoms with E-state index in [1.807, 2.05) is 4.72 Å². The second kappa shape index (κ2) is 5.85. The molecular formula is C9H11ClN2O6S2. The molecule has 1 rings (SSSR count). The predicted octanol–water partition coefficient (Wildman–Crippen LogP) is 0.538. The van der Waals surface area contributed by atoms with Crippen molar-refractivity contribution in [2.45, 2.75) is 0 Å². The van der Waals surface area contributed by atoms with Crippen LogP contribution in [0.2, 0.25) is 5.02 Å². The van der Waals surface area contributed by atoms with E-state index in [2.05, 4.69) is 4.72 Å². The van der Waals surface area contributed by atoms with Crippen LogP contribution in [-0.2, 0) is 24.8 Å². The summed E-state index contributed by atoms with van der Waals surface area (Å²) in [5.74, 6) is -2.66. The zero-order chi connectivity index (χ0) is 15.6. The Morgan fingerprint density at radius 2 is 1.85 bits per heavy atom. The lowest BCUT2D eigenvalue weighted by atomic mass is 10.3. The minimum absolute atomic E-state index is 0.00184. The number of carboxylic acids is 1. The second-order valence-corrected chi connectivity index (χ2v) is 7.70. The largest absolute Gasteiger partial charge is 0.480 e. The molecule has 0 aliphatic rings. The number of hydrogen-bond acceptors (Lipinski definition) is 5. The van der Waals surface area contributed by atoms with Crippen LogP contribution >= 0.6 is 11.6 Å². The molecule has 20 heavy (non-hydrogen) atoms. The summed E-state index contributed by atoms with van der Waals surface area (Å²) in [6, 6.07) is 3.74. The number of carbonyl (C=O) groups is 1. The Morgan fingerprint density at radius 3 is 2.35 bits per heavy atom. The first-order valence-electron chi connectivity index (χ1n) is 4.98. The molecule has 0 saturated carbocycles. The van der Waals surface area contributed by atoms with Crippen molar-refractivity contribution in [3.05, 3.63) is 23.2 Å². The number of anilines is 2. The van der Waals surface area contributed by atoms with Crippen molar-refractivity contribution in [2.24, 2.45) is 0 Å². The number of sulfonamides is 2. The molecule has 112 valence electrons. The van der Waals surface area contributed by atoms with E-state index in [0.29, 0.717) is 0 Å². The molecule has 1 aromatic rings. The smallest absolute Gasteiger partial charge is 0.320 e. The number of carboxylic acid groups (broad SMARTS) is 1. The topological polar surface area (TPSA) is 130 Å². The average Bonchev–Trinajstić information content (AvgIpc) is 2.18. The minimum atomic E-state index is -4.13. The summed E-state index contributed by atoms with van der Waals surface area (Å²) in [4.78, 5) is 10.4. The summed E-state index contributed by atoms with van der Waals surface area (Å²) >= 11 is 5.76. The van der Waals surface area contributed by atoms with E-state index in [1.165, 1.54) is 12.1 Å². The first-order chi connectivity index (χ1) is 8.98. The van der Waals surface area contributed by atoms with Gasteiger partial charge in [-0.1, -0.05) is 11.6 Å². The fourth-order valence-corrected chi connectivity index (χ4v) is 2.92. The Balaban J connectivity index is 3.07. The van der Waals surface area contributed by atoms with Crippen LogP contribution in [0.3, 0.4) is 0 Å². The van der Waals surface area contributed by atoms with E-state index in [0.717, 1.165) is 12.3 Å². The van der Waals surface area contributed by atoms with Gasteiger partial charge in [0.15, 0.2) is 5.75 Å². The van der Waals surface area contributed by atoms with Crippen LogP contribution in [0.15, 0.2) is 18.2 Å². The van der Waals surface area contributed by atoms with Gasteiger partial charge in [-0.05, 0) is 18.2 Å². The van der Waals surface area contributed by atoms with Gasteiger partial charge >= 0.3 is 5.97 Å². The zero-order valence-corrected chi connectivity index (χ0v) is 12.5. The van der Waals surface area contributed by atoms with E-state index in [4.69, 9.17) is 16.7 Å². The molecule has 0 heterocycles. The molecule has 0 unspecified atom stereocenters. The van der Waals surface area contributed by atoms with Crippen LogP contribution in [0.4, 0.5) is 11.4 Å². The Labute approximate surface area is 120 Å². The van der Waals surface area contributed by atoms with E-state index >= 15 is 0 Å². The Kier molecular flexibility index (Phi) is 4.84. The molecule has 0 aliphatic carbocycles. The lowest BCUT2D eigenvalue weighted by molar-refractivity contribution is -0.134. The van der Waals surface area contributed by atoms with Gasteiger partial charge in [-0.2, -0.15) is 0 Å². The SMILES string of the molecule is CS(=O)(=O)Nc1ccc(Cl)c(NS(=O)(=O)CC(=O)O)c1. The van der Waals surface area contributed by atoms with Gasteiger partial charge < -0.3 is 5.11 Å². The van der Waals surface area contributed by atoms with E-state index in [-0.39, 0.29) is 16.4 Å². The maximum atomic E-state index is 11.5. The lowest BCUT2D eigenvalue weighted by Gasteiger charge is -2.10. The highest BCUT2D eigenvalue weighted by Gasteiger charge is 2.17. The molecule has 0 fully saturated rings. The fourth-order valence-electron chi connectivity index (χ4n) is 1.25. The Hall–Kier alpha value is -1.52. The molecule has 0 atom stereocenters. The molecule has 3 N–H and O–H groups in total. The van der Waals surface area contributed by atoms with Crippen molar-refractivity contribution < 1.29 is 26.7 Å². The van der Waals surface area contributed by atoms with Gasteiger partial charge in [-0.15, -0.1) is 0 Å². The number of benzene rings is 1. The summed E-state index contributed by atoms with van der Waals surface area (Å²) in [6.07, 6.45) is 0.926. The van der Waals surface area contributed by atoms with Gasteiger partial charge in [-0.25, -0.2) is 16.8 Å². The minimum Gasteiger partial charge on any atom is -0.480 e. The lowest BCUT2D eigenvalue weighted by Crippen LogP contribution is -2.22. The van der Waals surface area contributed by atoms with Crippen LogP contribution in [0.25, 0.3) is 0 Å².